The largest absolute Gasteiger partial charge is 0.442 e. The van der Waals surface area contributed by atoms with Crippen LogP contribution in [0.4, 0.5) is 17.3 Å². The monoisotopic (exact) mass is 522 g/mol. The smallest absolute Gasteiger partial charge is 0.259 e. The van der Waals surface area contributed by atoms with Gasteiger partial charge in [-0.15, -0.1) is 5.11 Å². The topological polar surface area (TPSA) is 133 Å². The summed E-state index contributed by atoms with van der Waals surface area (Å²) in [6.07, 6.45) is 7.04. The Morgan fingerprint density at radius 3 is 2.61 bits per heavy atom. The highest BCUT2D eigenvalue weighted by Gasteiger charge is 2.31. The van der Waals surface area contributed by atoms with E-state index >= 15 is 0 Å². The minimum Gasteiger partial charge on any atom is -0.442 e. The summed E-state index contributed by atoms with van der Waals surface area (Å²) in [5, 5.41) is 12.4. The Morgan fingerprint density at radius 1 is 1.17 bits per heavy atom. The first kappa shape index (κ1) is 23.7. The van der Waals surface area contributed by atoms with Crippen molar-refractivity contribution in [1.82, 2.24) is 19.5 Å². The lowest BCUT2D eigenvalue weighted by molar-refractivity contribution is 0.118. The Morgan fingerprint density at radius 2 is 1.94 bits per heavy atom. The molecule has 36 heavy (non-hydrogen) atoms. The van der Waals surface area contributed by atoms with Crippen LogP contribution in [-0.2, 0) is 7.05 Å². The van der Waals surface area contributed by atoms with E-state index in [1.807, 2.05) is 6.92 Å². The molecule has 3 N–H and O–H groups in total. The molecule has 0 fully saturated rings. The molecule has 1 atom stereocenters. The molecule has 0 aliphatic carbocycles. The van der Waals surface area contributed by atoms with Gasteiger partial charge in [-0.3, -0.25) is 9.36 Å². The van der Waals surface area contributed by atoms with E-state index in [2.05, 4.69) is 30.5 Å². The van der Waals surface area contributed by atoms with Gasteiger partial charge in [0.05, 0.1) is 39.4 Å². The SMILES string of the molecule is CCC1(Oc2ncc(Nc3ncc4cc(-c5c(Cl)cccc5Cl)c(=O)n(C)c4n3)cc2N)C=CN=N1. The number of nitrogens with zero attached hydrogens (tertiary/aromatic N) is 6. The van der Waals surface area contributed by atoms with Crippen molar-refractivity contribution in [2.45, 2.75) is 19.1 Å². The Bertz CT molecular complexity index is 1580. The van der Waals surface area contributed by atoms with E-state index in [-0.39, 0.29) is 17.4 Å². The summed E-state index contributed by atoms with van der Waals surface area (Å²) in [5.74, 6) is 0.494. The fourth-order valence-electron chi connectivity index (χ4n) is 3.79. The summed E-state index contributed by atoms with van der Waals surface area (Å²) in [4.78, 5) is 26.3. The fourth-order valence-corrected chi connectivity index (χ4v) is 4.39. The van der Waals surface area contributed by atoms with Crippen molar-refractivity contribution in [2.75, 3.05) is 11.1 Å². The molecule has 1 aliphatic rings. The number of anilines is 3. The second-order valence-electron chi connectivity index (χ2n) is 8.07. The fraction of sp³-hybridized carbons (Fsp3) is 0.167. The standard InChI is InChI=1S/C24H20Cl2N8O2/c1-3-24(7-8-30-33-24)36-21-18(27)10-14(12-28-21)31-23-29-11-13-9-15(22(35)34(2)20(13)32-23)19-16(25)5-4-6-17(19)26/h4-12H,3,27H2,1-2H3,(H,29,31,32). The molecule has 4 aromatic rings. The average Bonchev–Trinajstić information content (AvgIpc) is 3.33. The number of pyridine rings is 2. The van der Waals surface area contributed by atoms with Crippen molar-refractivity contribution in [1.29, 1.82) is 0 Å². The van der Waals surface area contributed by atoms with Crippen LogP contribution in [0.5, 0.6) is 5.88 Å². The number of fused-ring (bicyclic) bond motifs is 1. The molecule has 0 radical (unpaired) electrons. The number of nitrogen functional groups attached to an aromatic ring is 1. The number of azo groups is 1. The molecule has 0 bridgehead atoms. The first-order valence-electron chi connectivity index (χ1n) is 10.9. The van der Waals surface area contributed by atoms with Crippen LogP contribution in [-0.4, -0.2) is 25.2 Å². The van der Waals surface area contributed by atoms with Crippen LogP contribution in [0.25, 0.3) is 22.2 Å². The number of nitrogens with one attached hydrogen (secondary N) is 1. The van der Waals surface area contributed by atoms with Gasteiger partial charge < -0.3 is 15.8 Å². The van der Waals surface area contributed by atoms with Crippen molar-refractivity contribution >= 4 is 51.6 Å². The van der Waals surface area contributed by atoms with Gasteiger partial charge in [0, 0.05) is 36.7 Å². The predicted molar refractivity (Wildman–Crippen MR) is 140 cm³/mol. The summed E-state index contributed by atoms with van der Waals surface area (Å²) in [7, 11) is 1.62. The van der Waals surface area contributed by atoms with Crippen molar-refractivity contribution < 1.29 is 4.74 Å². The molecule has 1 unspecified atom stereocenters. The quantitative estimate of drug-likeness (QED) is 0.342. The van der Waals surface area contributed by atoms with Crippen LogP contribution in [0.15, 0.2) is 70.0 Å². The van der Waals surface area contributed by atoms with Crippen LogP contribution >= 0.6 is 23.2 Å². The second kappa shape index (κ2) is 9.21. The first-order valence-corrected chi connectivity index (χ1v) is 11.7. The van der Waals surface area contributed by atoms with Crippen molar-refractivity contribution in [2.24, 2.45) is 17.3 Å². The summed E-state index contributed by atoms with van der Waals surface area (Å²) in [6.45, 7) is 1.93. The normalized spacial score (nSPS) is 16.6. The predicted octanol–water partition coefficient (Wildman–Crippen LogP) is 5.49. The number of benzene rings is 1. The lowest BCUT2D eigenvalue weighted by Crippen LogP contribution is -2.29. The lowest BCUT2D eigenvalue weighted by Gasteiger charge is -2.22. The Kier molecular flexibility index (Phi) is 6.07. The third-order valence-electron chi connectivity index (χ3n) is 5.72. The maximum Gasteiger partial charge on any atom is 0.259 e. The number of ether oxygens (including phenoxy) is 1. The van der Waals surface area contributed by atoms with E-state index in [4.69, 9.17) is 33.7 Å². The highest BCUT2D eigenvalue weighted by molar-refractivity contribution is 6.39. The van der Waals surface area contributed by atoms with Gasteiger partial charge in [-0.1, -0.05) is 36.2 Å². The molecule has 0 spiro atoms. The van der Waals surface area contributed by atoms with Gasteiger partial charge in [0.15, 0.2) is 0 Å². The zero-order valence-corrected chi connectivity index (χ0v) is 20.7. The number of rotatable bonds is 6. The Balaban J connectivity index is 1.45. The molecule has 0 saturated heterocycles. The molecule has 4 heterocycles. The zero-order chi connectivity index (χ0) is 25.4. The van der Waals surface area contributed by atoms with Gasteiger partial charge in [-0.25, -0.2) is 9.97 Å². The van der Waals surface area contributed by atoms with Crippen molar-refractivity contribution in [3.8, 4) is 17.0 Å². The van der Waals surface area contributed by atoms with Crippen molar-refractivity contribution in [3.05, 3.63) is 75.4 Å². The van der Waals surface area contributed by atoms with Gasteiger partial charge in [0.25, 0.3) is 5.56 Å². The number of hydrogen-bond acceptors (Lipinski definition) is 9. The van der Waals surface area contributed by atoms with Gasteiger partial charge in [0.1, 0.15) is 5.65 Å². The average molecular weight is 523 g/mol. The maximum absolute atomic E-state index is 13.1. The summed E-state index contributed by atoms with van der Waals surface area (Å²) < 4.78 is 7.33. The van der Waals surface area contributed by atoms with Gasteiger partial charge >= 0.3 is 0 Å². The molecular formula is C24H20Cl2N8O2. The third-order valence-corrected chi connectivity index (χ3v) is 6.35. The summed E-state index contributed by atoms with van der Waals surface area (Å²) in [6, 6.07) is 8.42. The van der Waals surface area contributed by atoms with Gasteiger partial charge in [0.2, 0.25) is 17.6 Å². The molecule has 0 amide bonds. The third kappa shape index (κ3) is 4.25. The number of aromatic nitrogens is 4. The highest BCUT2D eigenvalue weighted by Crippen LogP contribution is 2.34. The van der Waals surface area contributed by atoms with Gasteiger partial charge in [-0.2, -0.15) is 10.1 Å². The van der Waals surface area contributed by atoms with E-state index in [1.165, 1.54) is 4.57 Å². The second-order valence-corrected chi connectivity index (χ2v) is 8.88. The van der Waals surface area contributed by atoms with E-state index in [1.54, 1.807) is 62.0 Å². The Labute approximate surface area is 215 Å². The minimum atomic E-state index is -0.907. The van der Waals surface area contributed by atoms with E-state index in [0.717, 1.165) is 0 Å². The van der Waals surface area contributed by atoms with E-state index in [0.29, 0.717) is 50.0 Å². The molecule has 0 saturated carbocycles. The molecule has 5 rings (SSSR count). The molecular weight excluding hydrogens is 503 g/mol. The molecule has 1 aliphatic heterocycles. The number of nitrogens with two attached hydrogens (primary N) is 1. The minimum absolute atomic E-state index is 0.237. The zero-order valence-electron chi connectivity index (χ0n) is 19.2. The molecule has 182 valence electrons. The van der Waals surface area contributed by atoms with Crippen LogP contribution in [0, 0.1) is 0 Å². The highest BCUT2D eigenvalue weighted by atomic mass is 35.5. The number of aryl methyl sites for hydroxylation is 1. The maximum atomic E-state index is 13.1. The van der Waals surface area contributed by atoms with Crippen molar-refractivity contribution in [3.63, 3.8) is 0 Å². The van der Waals surface area contributed by atoms with Crippen LogP contribution in [0.2, 0.25) is 10.0 Å². The first-order chi connectivity index (χ1) is 17.3. The molecule has 10 nitrogen and oxygen atoms in total. The Hall–Kier alpha value is -4.02. The molecule has 12 heteroatoms. The van der Waals surface area contributed by atoms with Gasteiger partial charge in [-0.05, 0) is 24.3 Å². The molecule has 3 aromatic heterocycles. The number of halogens is 2. The van der Waals surface area contributed by atoms with Crippen LogP contribution in [0.1, 0.15) is 13.3 Å². The lowest BCUT2D eigenvalue weighted by atomic mass is 10.1. The summed E-state index contributed by atoms with van der Waals surface area (Å²) in [5.41, 5.74) is 7.06. The molecule has 1 aromatic carbocycles. The number of hydrogen-bond donors (Lipinski definition) is 2. The van der Waals surface area contributed by atoms with Crippen LogP contribution in [0.3, 0.4) is 0 Å². The van der Waals surface area contributed by atoms with Crippen LogP contribution < -0.4 is 21.3 Å². The summed E-state index contributed by atoms with van der Waals surface area (Å²) >= 11 is 12.7. The van der Waals surface area contributed by atoms with E-state index in [9.17, 15) is 4.79 Å². The van der Waals surface area contributed by atoms with E-state index < -0.39 is 5.72 Å².